The summed E-state index contributed by atoms with van der Waals surface area (Å²) in [5.74, 6) is 1.41. The fraction of sp³-hybridized carbons (Fsp3) is 0.200. The van der Waals surface area contributed by atoms with Gasteiger partial charge in [0, 0.05) is 24.0 Å². The molecule has 6 nitrogen and oxygen atoms in total. The van der Waals surface area contributed by atoms with Crippen LogP contribution in [0.2, 0.25) is 5.15 Å². The largest absolute Gasteiger partial charge is 0.459 e. The summed E-state index contributed by atoms with van der Waals surface area (Å²) in [6.45, 7) is 2.94. The Morgan fingerprint density at radius 2 is 1.88 bits per heavy atom. The number of furan rings is 1. The molecule has 0 spiro atoms. The zero-order chi connectivity index (χ0) is 22.1. The van der Waals surface area contributed by atoms with E-state index in [-0.39, 0.29) is 25.0 Å². The molecular formula is C25H21ClN2O4. The fourth-order valence-corrected chi connectivity index (χ4v) is 4.00. The molecule has 5 rings (SSSR count). The quantitative estimate of drug-likeness (QED) is 0.358. The third-order valence-electron chi connectivity index (χ3n) is 5.50. The molecule has 0 saturated carbocycles. The van der Waals surface area contributed by atoms with Gasteiger partial charge in [0.15, 0.2) is 17.3 Å². The van der Waals surface area contributed by atoms with Gasteiger partial charge in [-0.1, -0.05) is 30.7 Å². The summed E-state index contributed by atoms with van der Waals surface area (Å²) < 4.78 is 16.2. The van der Waals surface area contributed by atoms with E-state index < -0.39 is 0 Å². The SMILES string of the molecule is CCc1ccc2nc(Cl)c(CN(Cc3ccc4c(c3)OCO4)C(=O)c3ccco3)cc2c1. The predicted octanol–water partition coefficient (Wildman–Crippen LogP) is 5.61. The molecule has 0 saturated heterocycles. The minimum Gasteiger partial charge on any atom is -0.459 e. The van der Waals surface area contributed by atoms with E-state index in [0.29, 0.717) is 23.2 Å². The molecule has 0 unspecified atom stereocenters. The number of aryl methyl sites for hydroxylation is 1. The third kappa shape index (κ3) is 4.01. The van der Waals surface area contributed by atoms with E-state index >= 15 is 0 Å². The Balaban J connectivity index is 1.49. The van der Waals surface area contributed by atoms with Crippen molar-refractivity contribution in [3.63, 3.8) is 0 Å². The molecule has 1 aliphatic rings. The molecule has 4 aromatic rings. The second kappa shape index (κ2) is 8.55. The number of halogens is 1. The summed E-state index contributed by atoms with van der Waals surface area (Å²) in [5.41, 5.74) is 3.73. The van der Waals surface area contributed by atoms with Crippen molar-refractivity contribution in [1.82, 2.24) is 9.88 Å². The Kier molecular flexibility index (Phi) is 5.45. The first-order valence-corrected chi connectivity index (χ1v) is 10.8. The highest BCUT2D eigenvalue weighted by molar-refractivity contribution is 6.30. The number of ether oxygens (including phenoxy) is 2. The molecular weight excluding hydrogens is 428 g/mol. The molecule has 162 valence electrons. The van der Waals surface area contributed by atoms with Gasteiger partial charge in [-0.15, -0.1) is 0 Å². The van der Waals surface area contributed by atoms with Crippen LogP contribution in [0, 0.1) is 0 Å². The van der Waals surface area contributed by atoms with E-state index in [4.69, 9.17) is 25.5 Å². The number of nitrogens with zero attached hydrogens (tertiary/aromatic N) is 2. The molecule has 2 aromatic heterocycles. The fourth-order valence-electron chi connectivity index (χ4n) is 3.80. The maximum atomic E-state index is 13.2. The minimum atomic E-state index is -0.230. The number of hydrogen-bond acceptors (Lipinski definition) is 5. The average Bonchev–Trinajstić information content (AvgIpc) is 3.50. The van der Waals surface area contributed by atoms with Crippen LogP contribution < -0.4 is 9.47 Å². The Morgan fingerprint density at radius 3 is 2.69 bits per heavy atom. The Hall–Kier alpha value is -3.51. The van der Waals surface area contributed by atoms with Gasteiger partial charge in [0.05, 0.1) is 11.8 Å². The van der Waals surface area contributed by atoms with Gasteiger partial charge in [0.1, 0.15) is 5.15 Å². The predicted molar refractivity (Wildman–Crippen MR) is 121 cm³/mol. The van der Waals surface area contributed by atoms with Crippen molar-refractivity contribution in [2.24, 2.45) is 0 Å². The number of amides is 1. The van der Waals surface area contributed by atoms with Gasteiger partial charge in [-0.3, -0.25) is 4.79 Å². The van der Waals surface area contributed by atoms with E-state index in [0.717, 1.165) is 28.5 Å². The van der Waals surface area contributed by atoms with Crippen LogP contribution in [0.4, 0.5) is 0 Å². The topological polar surface area (TPSA) is 64.8 Å². The van der Waals surface area contributed by atoms with Gasteiger partial charge in [-0.05, 0) is 60.0 Å². The summed E-state index contributed by atoms with van der Waals surface area (Å²) in [6.07, 6.45) is 2.42. The van der Waals surface area contributed by atoms with E-state index in [1.165, 1.54) is 11.8 Å². The number of carbonyl (C=O) groups is 1. The monoisotopic (exact) mass is 448 g/mol. The van der Waals surface area contributed by atoms with Gasteiger partial charge in [-0.2, -0.15) is 0 Å². The summed E-state index contributed by atoms with van der Waals surface area (Å²) in [5, 5.41) is 1.38. The van der Waals surface area contributed by atoms with Crippen molar-refractivity contribution in [2.45, 2.75) is 26.4 Å². The number of rotatable bonds is 6. The van der Waals surface area contributed by atoms with Crippen molar-refractivity contribution in [3.8, 4) is 11.5 Å². The number of aromatic nitrogens is 1. The second-order valence-corrected chi connectivity index (χ2v) is 8.00. The first-order chi connectivity index (χ1) is 15.6. The van der Waals surface area contributed by atoms with Crippen molar-refractivity contribution >= 4 is 28.4 Å². The second-order valence-electron chi connectivity index (χ2n) is 7.65. The van der Waals surface area contributed by atoms with Crippen LogP contribution in [-0.2, 0) is 19.5 Å². The lowest BCUT2D eigenvalue weighted by Gasteiger charge is -2.23. The van der Waals surface area contributed by atoms with Gasteiger partial charge in [0.2, 0.25) is 6.79 Å². The molecule has 3 heterocycles. The molecule has 7 heteroatoms. The highest BCUT2D eigenvalue weighted by atomic mass is 35.5. The molecule has 0 aliphatic carbocycles. The van der Waals surface area contributed by atoms with Crippen LogP contribution in [0.15, 0.2) is 65.3 Å². The first-order valence-electron chi connectivity index (χ1n) is 10.4. The van der Waals surface area contributed by atoms with E-state index in [9.17, 15) is 4.79 Å². The van der Waals surface area contributed by atoms with Crippen LogP contribution >= 0.6 is 11.6 Å². The summed E-state index contributed by atoms with van der Waals surface area (Å²) >= 11 is 6.52. The summed E-state index contributed by atoms with van der Waals surface area (Å²) in [4.78, 5) is 19.5. The van der Waals surface area contributed by atoms with Gasteiger partial charge < -0.3 is 18.8 Å². The molecule has 1 amide bonds. The van der Waals surface area contributed by atoms with Crippen LogP contribution in [0.1, 0.15) is 34.2 Å². The molecule has 0 atom stereocenters. The molecule has 32 heavy (non-hydrogen) atoms. The van der Waals surface area contributed by atoms with E-state index in [2.05, 4.69) is 24.0 Å². The zero-order valence-corrected chi connectivity index (χ0v) is 18.3. The normalized spacial score (nSPS) is 12.3. The average molecular weight is 449 g/mol. The molecule has 0 fully saturated rings. The molecule has 2 aromatic carbocycles. The van der Waals surface area contributed by atoms with Crippen LogP contribution in [0.5, 0.6) is 11.5 Å². The number of fused-ring (bicyclic) bond motifs is 2. The van der Waals surface area contributed by atoms with Gasteiger partial charge >= 0.3 is 0 Å². The van der Waals surface area contributed by atoms with Crippen LogP contribution in [0.25, 0.3) is 10.9 Å². The highest BCUT2D eigenvalue weighted by Gasteiger charge is 2.22. The number of hydrogen-bond donors (Lipinski definition) is 0. The lowest BCUT2D eigenvalue weighted by Crippen LogP contribution is -2.30. The number of pyridine rings is 1. The first kappa shape index (κ1) is 20.4. The Bertz CT molecular complexity index is 1290. The summed E-state index contributed by atoms with van der Waals surface area (Å²) in [7, 11) is 0. The van der Waals surface area contributed by atoms with Crippen molar-refractivity contribution in [2.75, 3.05) is 6.79 Å². The Labute approximate surface area is 190 Å². The van der Waals surface area contributed by atoms with Crippen LogP contribution in [-0.4, -0.2) is 22.6 Å². The smallest absolute Gasteiger partial charge is 0.290 e. The molecule has 1 aliphatic heterocycles. The maximum absolute atomic E-state index is 13.2. The van der Waals surface area contributed by atoms with Crippen molar-refractivity contribution in [3.05, 3.63) is 88.5 Å². The maximum Gasteiger partial charge on any atom is 0.290 e. The lowest BCUT2D eigenvalue weighted by molar-refractivity contribution is 0.0697. The summed E-state index contributed by atoms with van der Waals surface area (Å²) in [6, 6.07) is 17.2. The lowest BCUT2D eigenvalue weighted by atomic mass is 10.1. The standard InChI is InChI=1S/C25H21ClN2O4/c1-2-16-5-7-20-18(10-16)12-19(24(26)27-20)14-28(25(29)22-4-3-9-30-22)13-17-6-8-21-23(11-17)32-15-31-21/h3-12H,2,13-15H2,1H3. The molecule has 0 radical (unpaired) electrons. The highest BCUT2D eigenvalue weighted by Crippen LogP contribution is 2.33. The zero-order valence-electron chi connectivity index (χ0n) is 17.5. The van der Waals surface area contributed by atoms with Gasteiger partial charge in [-0.25, -0.2) is 4.98 Å². The molecule has 0 N–H and O–H groups in total. The number of benzene rings is 2. The van der Waals surface area contributed by atoms with Crippen molar-refractivity contribution < 1.29 is 18.7 Å². The minimum absolute atomic E-state index is 0.200. The van der Waals surface area contributed by atoms with Gasteiger partial charge in [0.25, 0.3) is 5.91 Å². The Morgan fingerprint density at radius 1 is 1.03 bits per heavy atom. The van der Waals surface area contributed by atoms with Crippen molar-refractivity contribution in [1.29, 1.82) is 0 Å². The van der Waals surface area contributed by atoms with E-state index in [1.54, 1.807) is 17.0 Å². The van der Waals surface area contributed by atoms with E-state index in [1.807, 2.05) is 30.3 Å². The third-order valence-corrected chi connectivity index (χ3v) is 5.83. The van der Waals surface area contributed by atoms with Crippen LogP contribution in [0.3, 0.4) is 0 Å². The number of carbonyl (C=O) groups excluding carboxylic acids is 1. The molecule has 0 bridgehead atoms.